The van der Waals surface area contributed by atoms with E-state index in [1.54, 1.807) is 0 Å². The Morgan fingerprint density at radius 1 is 0.750 bits per heavy atom. The summed E-state index contributed by atoms with van der Waals surface area (Å²) in [5.41, 5.74) is 0. The van der Waals surface area contributed by atoms with Gasteiger partial charge in [0, 0.05) is 11.8 Å². The summed E-state index contributed by atoms with van der Waals surface area (Å²) in [6.07, 6.45) is 20.8. The lowest BCUT2D eigenvalue weighted by Gasteiger charge is -2.44. The molecule has 0 bridgehead atoms. The Kier molecular flexibility index (Phi) is 9.11. The van der Waals surface area contributed by atoms with E-state index < -0.39 is 5.79 Å². The second kappa shape index (κ2) is 10.8. The molecule has 2 aliphatic carbocycles. The zero-order valence-electron chi connectivity index (χ0n) is 16.1. The summed E-state index contributed by atoms with van der Waals surface area (Å²) < 4.78 is 0. The summed E-state index contributed by atoms with van der Waals surface area (Å²) in [6, 6.07) is 0. The zero-order chi connectivity index (χ0) is 17.3. The second-order valence-corrected chi connectivity index (χ2v) is 8.68. The van der Waals surface area contributed by atoms with Crippen LogP contribution in [-0.2, 0) is 0 Å². The summed E-state index contributed by atoms with van der Waals surface area (Å²) in [5.74, 6) is -0.622. The van der Waals surface area contributed by atoms with Gasteiger partial charge in [-0.2, -0.15) is 0 Å². The maximum absolute atomic E-state index is 11.1. The molecule has 24 heavy (non-hydrogen) atoms. The Bertz CT molecular complexity index is 314. The van der Waals surface area contributed by atoms with Crippen LogP contribution in [0.2, 0.25) is 0 Å². The van der Waals surface area contributed by atoms with E-state index in [1.807, 2.05) is 0 Å². The van der Waals surface area contributed by atoms with Crippen LogP contribution in [0.3, 0.4) is 0 Å². The van der Waals surface area contributed by atoms with Crippen LogP contribution in [0, 0.1) is 17.8 Å². The molecule has 0 spiro atoms. The van der Waals surface area contributed by atoms with Crippen LogP contribution in [0.15, 0.2) is 0 Å². The average molecular weight is 339 g/mol. The first-order valence-electron chi connectivity index (χ1n) is 11.1. The van der Waals surface area contributed by atoms with Crippen LogP contribution in [0.1, 0.15) is 116 Å². The van der Waals surface area contributed by atoms with Gasteiger partial charge in [0.2, 0.25) is 0 Å². The van der Waals surface area contributed by atoms with E-state index in [4.69, 9.17) is 0 Å². The van der Waals surface area contributed by atoms with E-state index in [2.05, 4.69) is 6.92 Å². The van der Waals surface area contributed by atoms with Crippen molar-refractivity contribution in [2.75, 3.05) is 0 Å². The number of aliphatic hydroxyl groups is 2. The van der Waals surface area contributed by atoms with E-state index in [9.17, 15) is 10.2 Å². The highest BCUT2D eigenvalue weighted by Crippen LogP contribution is 2.44. The molecule has 0 aromatic rings. The molecule has 0 saturated heterocycles. The lowest BCUT2D eigenvalue weighted by molar-refractivity contribution is -0.256. The van der Waals surface area contributed by atoms with Crippen molar-refractivity contribution in [2.45, 2.75) is 122 Å². The van der Waals surface area contributed by atoms with E-state index in [-0.39, 0.29) is 11.8 Å². The molecule has 2 heteroatoms. The maximum Gasteiger partial charge on any atom is 0.168 e. The van der Waals surface area contributed by atoms with Crippen molar-refractivity contribution in [3.63, 3.8) is 0 Å². The van der Waals surface area contributed by atoms with Crippen LogP contribution >= 0.6 is 0 Å². The predicted octanol–water partition coefficient (Wildman–Crippen LogP) is 6.19. The smallest absolute Gasteiger partial charge is 0.168 e. The van der Waals surface area contributed by atoms with Gasteiger partial charge in [-0.05, 0) is 38.0 Å². The molecule has 0 amide bonds. The highest BCUT2D eigenvalue weighted by molar-refractivity contribution is 4.89. The molecular formula is C22H42O2. The minimum Gasteiger partial charge on any atom is -0.365 e. The van der Waals surface area contributed by atoms with Gasteiger partial charge < -0.3 is 10.2 Å². The van der Waals surface area contributed by atoms with Gasteiger partial charge in [-0.3, -0.25) is 0 Å². The molecule has 2 saturated carbocycles. The first-order valence-corrected chi connectivity index (χ1v) is 11.1. The SMILES string of the molecule is CCCCCCCCC(C1CCCCC1)C(O)(O)C1CCCCC1. The quantitative estimate of drug-likeness (QED) is 0.368. The fourth-order valence-corrected chi connectivity index (χ4v) is 5.31. The van der Waals surface area contributed by atoms with Crippen molar-refractivity contribution in [3.8, 4) is 0 Å². The molecule has 2 aliphatic rings. The third kappa shape index (κ3) is 6.02. The third-order valence-corrected chi connectivity index (χ3v) is 6.84. The topological polar surface area (TPSA) is 40.5 Å². The molecule has 2 rings (SSSR count). The van der Waals surface area contributed by atoms with Crippen molar-refractivity contribution in [1.29, 1.82) is 0 Å². The summed E-state index contributed by atoms with van der Waals surface area (Å²) >= 11 is 0. The van der Waals surface area contributed by atoms with Crippen LogP contribution in [0.4, 0.5) is 0 Å². The number of unbranched alkanes of at least 4 members (excludes halogenated alkanes) is 5. The first-order chi connectivity index (χ1) is 11.7. The molecule has 2 N–H and O–H groups in total. The monoisotopic (exact) mass is 338 g/mol. The maximum atomic E-state index is 11.1. The van der Waals surface area contributed by atoms with Crippen molar-refractivity contribution in [3.05, 3.63) is 0 Å². The Hall–Kier alpha value is -0.0800. The van der Waals surface area contributed by atoms with Crippen LogP contribution in [0.25, 0.3) is 0 Å². The fourth-order valence-electron chi connectivity index (χ4n) is 5.31. The van der Waals surface area contributed by atoms with Crippen LogP contribution in [-0.4, -0.2) is 16.0 Å². The molecule has 142 valence electrons. The van der Waals surface area contributed by atoms with Crippen molar-refractivity contribution in [1.82, 2.24) is 0 Å². The summed E-state index contributed by atoms with van der Waals surface area (Å²) in [5, 5.41) is 22.3. The van der Waals surface area contributed by atoms with Crippen LogP contribution < -0.4 is 0 Å². The molecular weight excluding hydrogens is 296 g/mol. The minimum atomic E-state index is -1.41. The van der Waals surface area contributed by atoms with Gasteiger partial charge in [0.05, 0.1) is 0 Å². The van der Waals surface area contributed by atoms with E-state index in [0.717, 1.165) is 19.3 Å². The Morgan fingerprint density at radius 3 is 1.92 bits per heavy atom. The highest BCUT2D eigenvalue weighted by Gasteiger charge is 2.45. The van der Waals surface area contributed by atoms with E-state index >= 15 is 0 Å². The Labute approximate surface area is 150 Å². The summed E-state index contributed by atoms with van der Waals surface area (Å²) in [7, 11) is 0. The molecule has 0 heterocycles. The number of hydrogen-bond acceptors (Lipinski definition) is 2. The molecule has 2 fully saturated rings. The zero-order valence-corrected chi connectivity index (χ0v) is 16.1. The molecule has 0 aliphatic heterocycles. The van der Waals surface area contributed by atoms with Crippen molar-refractivity contribution in [2.24, 2.45) is 17.8 Å². The lowest BCUT2D eigenvalue weighted by Crippen LogP contribution is -2.49. The Balaban J connectivity index is 1.90. The van der Waals surface area contributed by atoms with Gasteiger partial charge in [0.15, 0.2) is 5.79 Å². The molecule has 0 aromatic carbocycles. The predicted molar refractivity (Wildman–Crippen MR) is 102 cm³/mol. The molecule has 1 atom stereocenters. The van der Waals surface area contributed by atoms with Gasteiger partial charge >= 0.3 is 0 Å². The van der Waals surface area contributed by atoms with Gasteiger partial charge in [-0.1, -0.05) is 84.0 Å². The lowest BCUT2D eigenvalue weighted by atomic mass is 9.68. The number of hydrogen-bond donors (Lipinski definition) is 2. The Morgan fingerprint density at radius 2 is 1.29 bits per heavy atom. The molecule has 0 aromatic heterocycles. The van der Waals surface area contributed by atoms with Crippen LogP contribution in [0.5, 0.6) is 0 Å². The van der Waals surface area contributed by atoms with Crippen molar-refractivity contribution >= 4 is 0 Å². The largest absolute Gasteiger partial charge is 0.365 e. The van der Waals surface area contributed by atoms with Gasteiger partial charge in [-0.25, -0.2) is 0 Å². The molecule has 2 nitrogen and oxygen atoms in total. The fraction of sp³-hybridized carbons (Fsp3) is 1.00. The van der Waals surface area contributed by atoms with Crippen molar-refractivity contribution < 1.29 is 10.2 Å². The number of rotatable bonds is 10. The van der Waals surface area contributed by atoms with Gasteiger partial charge in [-0.15, -0.1) is 0 Å². The second-order valence-electron chi connectivity index (χ2n) is 8.68. The summed E-state index contributed by atoms with van der Waals surface area (Å²) in [4.78, 5) is 0. The molecule has 0 radical (unpaired) electrons. The minimum absolute atomic E-state index is 0.118. The molecule has 1 unspecified atom stereocenters. The third-order valence-electron chi connectivity index (χ3n) is 6.84. The van der Waals surface area contributed by atoms with E-state index in [0.29, 0.717) is 5.92 Å². The van der Waals surface area contributed by atoms with E-state index in [1.165, 1.54) is 89.9 Å². The highest BCUT2D eigenvalue weighted by atomic mass is 16.5. The summed E-state index contributed by atoms with van der Waals surface area (Å²) in [6.45, 7) is 2.26. The van der Waals surface area contributed by atoms with Gasteiger partial charge in [0.1, 0.15) is 0 Å². The first kappa shape index (κ1) is 20.2. The average Bonchev–Trinajstić information content (AvgIpc) is 2.62. The standard InChI is InChI=1S/C22H42O2/c1-2-3-4-5-6-13-18-21(19-14-9-7-10-15-19)22(23,24)20-16-11-8-12-17-20/h19-21,23-24H,2-18H2,1H3. The normalized spacial score (nSPS) is 22.6. The van der Waals surface area contributed by atoms with Gasteiger partial charge in [0.25, 0.3) is 0 Å².